The molecule has 0 aromatic rings. The highest BCUT2D eigenvalue weighted by Crippen LogP contribution is 2.15. The zero-order valence-corrected chi connectivity index (χ0v) is 12.1. The summed E-state index contributed by atoms with van der Waals surface area (Å²) in [6, 6.07) is 0.691. The van der Waals surface area contributed by atoms with Gasteiger partial charge in [-0.1, -0.05) is 13.3 Å². The van der Waals surface area contributed by atoms with Gasteiger partial charge in [0.25, 0.3) is 0 Å². The van der Waals surface area contributed by atoms with E-state index in [0.29, 0.717) is 6.04 Å². The molecule has 4 heteroatoms. The predicted octanol–water partition coefficient (Wildman–Crippen LogP) is 1.50. The van der Waals surface area contributed by atoms with Crippen LogP contribution >= 0.6 is 0 Å². The van der Waals surface area contributed by atoms with Crippen molar-refractivity contribution in [2.24, 2.45) is 0 Å². The number of rotatable bonds is 11. The van der Waals surface area contributed by atoms with E-state index < -0.39 is 0 Å². The van der Waals surface area contributed by atoms with Crippen LogP contribution in [0.1, 0.15) is 32.6 Å². The summed E-state index contributed by atoms with van der Waals surface area (Å²) < 4.78 is 10.7. The summed E-state index contributed by atoms with van der Waals surface area (Å²) >= 11 is 0. The molecule has 1 fully saturated rings. The quantitative estimate of drug-likeness (QED) is 0.570. The van der Waals surface area contributed by atoms with Gasteiger partial charge >= 0.3 is 0 Å². The van der Waals surface area contributed by atoms with Gasteiger partial charge in [-0.15, -0.1) is 0 Å². The maximum atomic E-state index is 5.65. The van der Waals surface area contributed by atoms with Crippen molar-refractivity contribution in [2.75, 3.05) is 53.1 Å². The normalized spacial score (nSPS) is 20.7. The van der Waals surface area contributed by atoms with Gasteiger partial charge in [0, 0.05) is 39.4 Å². The topological polar surface area (TPSA) is 33.7 Å². The summed E-state index contributed by atoms with van der Waals surface area (Å²) in [5.41, 5.74) is 0. The van der Waals surface area contributed by atoms with Crippen LogP contribution in [-0.4, -0.2) is 64.1 Å². The summed E-state index contributed by atoms with van der Waals surface area (Å²) in [4.78, 5) is 2.56. The van der Waals surface area contributed by atoms with Gasteiger partial charge in [0.15, 0.2) is 0 Å². The second-order valence-corrected chi connectivity index (χ2v) is 4.99. The average molecular weight is 258 g/mol. The molecule has 0 aromatic carbocycles. The lowest BCUT2D eigenvalue weighted by Gasteiger charge is -2.24. The Bertz CT molecular complexity index is 191. The summed E-state index contributed by atoms with van der Waals surface area (Å²) in [6.07, 6.45) is 5.04. The third-order valence-corrected chi connectivity index (χ3v) is 3.53. The van der Waals surface area contributed by atoms with E-state index in [1.807, 2.05) is 0 Å². The molecule has 0 amide bonds. The van der Waals surface area contributed by atoms with E-state index in [2.05, 4.69) is 17.1 Å². The molecule has 0 saturated carbocycles. The average Bonchev–Trinajstić information content (AvgIpc) is 2.82. The molecule has 0 spiro atoms. The van der Waals surface area contributed by atoms with Crippen molar-refractivity contribution in [1.29, 1.82) is 0 Å². The van der Waals surface area contributed by atoms with Crippen molar-refractivity contribution in [1.82, 2.24) is 10.2 Å². The van der Waals surface area contributed by atoms with Crippen LogP contribution in [0.3, 0.4) is 0 Å². The predicted molar refractivity (Wildman–Crippen MR) is 75.1 cm³/mol. The molecule has 0 radical (unpaired) electrons. The Hall–Kier alpha value is -0.160. The molecule has 0 bridgehead atoms. The molecule has 4 nitrogen and oxygen atoms in total. The van der Waals surface area contributed by atoms with Crippen LogP contribution < -0.4 is 5.32 Å². The molecule has 1 heterocycles. The van der Waals surface area contributed by atoms with E-state index >= 15 is 0 Å². The Labute approximate surface area is 112 Å². The van der Waals surface area contributed by atoms with E-state index in [1.54, 1.807) is 7.11 Å². The molecular weight excluding hydrogens is 228 g/mol. The molecule has 0 aromatic heterocycles. The van der Waals surface area contributed by atoms with Gasteiger partial charge in [0.1, 0.15) is 0 Å². The Kier molecular flexibility index (Phi) is 9.48. The van der Waals surface area contributed by atoms with Gasteiger partial charge in [0.2, 0.25) is 0 Å². The van der Waals surface area contributed by atoms with Crippen LogP contribution in [0, 0.1) is 0 Å². The van der Waals surface area contributed by atoms with E-state index in [0.717, 1.165) is 39.5 Å². The first-order chi connectivity index (χ1) is 8.88. The van der Waals surface area contributed by atoms with Crippen molar-refractivity contribution < 1.29 is 9.47 Å². The molecule has 0 aliphatic carbocycles. The minimum absolute atomic E-state index is 0.691. The number of likely N-dealkylation sites (tertiary alicyclic amines) is 1. The Morgan fingerprint density at radius 3 is 2.94 bits per heavy atom. The Morgan fingerprint density at radius 2 is 2.17 bits per heavy atom. The third kappa shape index (κ3) is 6.69. The smallest absolute Gasteiger partial charge is 0.0593 e. The van der Waals surface area contributed by atoms with Crippen LogP contribution in [0.25, 0.3) is 0 Å². The first-order valence-electron chi connectivity index (χ1n) is 7.40. The van der Waals surface area contributed by atoms with Crippen LogP contribution in [0.5, 0.6) is 0 Å². The van der Waals surface area contributed by atoms with E-state index in [9.17, 15) is 0 Å². The fourth-order valence-electron chi connectivity index (χ4n) is 2.39. The minimum Gasteiger partial charge on any atom is -0.383 e. The molecule has 1 saturated heterocycles. The monoisotopic (exact) mass is 258 g/mol. The van der Waals surface area contributed by atoms with E-state index in [-0.39, 0.29) is 0 Å². The zero-order chi connectivity index (χ0) is 13.1. The van der Waals surface area contributed by atoms with Gasteiger partial charge in [-0.25, -0.2) is 0 Å². The summed E-state index contributed by atoms with van der Waals surface area (Å²) in [5.74, 6) is 0. The van der Waals surface area contributed by atoms with Gasteiger partial charge in [0.05, 0.1) is 13.2 Å². The van der Waals surface area contributed by atoms with Crippen LogP contribution in [0.4, 0.5) is 0 Å². The maximum absolute atomic E-state index is 5.65. The van der Waals surface area contributed by atoms with Crippen molar-refractivity contribution in [3.05, 3.63) is 0 Å². The Balaban J connectivity index is 2.03. The maximum Gasteiger partial charge on any atom is 0.0593 e. The first-order valence-corrected chi connectivity index (χ1v) is 7.40. The molecular formula is C14H30N2O2. The lowest BCUT2D eigenvalue weighted by Crippen LogP contribution is -2.40. The number of hydrogen-bond donors (Lipinski definition) is 1. The standard InChI is InChI=1S/C14H30N2O2/c1-3-4-10-18-12-9-16-8-5-6-14(16)13-15-7-11-17-2/h14-15H,3-13H2,1-2H3. The Morgan fingerprint density at radius 1 is 1.28 bits per heavy atom. The van der Waals surface area contributed by atoms with Gasteiger partial charge in [-0.2, -0.15) is 0 Å². The summed E-state index contributed by atoms with van der Waals surface area (Å²) in [7, 11) is 1.75. The van der Waals surface area contributed by atoms with Crippen LogP contribution in [0.2, 0.25) is 0 Å². The number of methoxy groups -OCH3 is 1. The van der Waals surface area contributed by atoms with Crippen LogP contribution in [-0.2, 0) is 9.47 Å². The lowest BCUT2D eigenvalue weighted by molar-refractivity contribution is 0.0967. The van der Waals surface area contributed by atoms with Crippen LogP contribution in [0.15, 0.2) is 0 Å². The van der Waals surface area contributed by atoms with Crippen molar-refractivity contribution in [3.8, 4) is 0 Å². The number of nitrogens with one attached hydrogen (secondary N) is 1. The third-order valence-electron chi connectivity index (χ3n) is 3.53. The van der Waals surface area contributed by atoms with E-state index in [1.165, 1.54) is 32.2 Å². The number of unbranched alkanes of at least 4 members (excludes halogenated alkanes) is 1. The summed E-state index contributed by atoms with van der Waals surface area (Å²) in [5, 5.41) is 3.46. The zero-order valence-electron chi connectivity index (χ0n) is 12.1. The van der Waals surface area contributed by atoms with Crippen molar-refractivity contribution >= 4 is 0 Å². The highest BCUT2D eigenvalue weighted by molar-refractivity contribution is 4.80. The molecule has 18 heavy (non-hydrogen) atoms. The minimum atomic E-state index is 0.691. The molecule has 108 valence electrons. The number of ether oxygens (including phenoxy) is 2. The van der Waals surface area contributed by atoms with E-state index in [4.69, 9.17) is 9.47 Å². The second-order valence-electron chi connectivity index (χ2n) is 4.99. The van der Waals surface area contributed by atoms with Gasteiger partial charge < -0.3 is 14.8 Å². The number of nitrogens with zero attached hydrogens (tertiary/aromatic N) is 1. The first kappa shape index (κ1) is 15.9. The molecule has 1 rings (SSSR count). The lowest BCUT2D eigenvalue weighted by atomic mass is 10.2. The SMILES string of the molecule is CCCCOCCN1CCCC1CNCCOC. The highest BCUT2D eigenvalue weighted by atomic mass is 16.5. The molecule has 1 aliphatic rings. The van der Waals surface area contributed by atoms with Crippen molar-refractivity contribution in [2.45, 2.75) is 38.6 Å². The highest BCUT2D eigenvalue weighted by Gasteiger charge is 2.23. The fourth-order valence-corrected chi connectivity index (χ4v) is 2.39. The fraction of sp³-hybridized carbons (Fsp3) is 1.00. The molecule has 1 N–H and O–H groups in total. The summed E-state index contributed by atoms with van der Waals surface area (Å²) in [6.45, 7) is 9.15. The molecule has 1 aliphatic heterocycles. The molecule has 1 atom stereocenters. The van der Waals surface area contributed by atoms with Gasteiger partial charge in [-0.3, -0.25) is 4.90 Å². The van der Waals surface area contributed by atoms with Crippen molar-refractivity contribution in [3.63, 3.8) is 0 Å². The largest absolute Gasteiger partial charge is 0.383 e. The second kappa shape index (κ2) is 10.7. The molecule has 1 unspecified atom stereocenters. The van der Waals surface area contributed by atoms with Gasteiger partial charge in [-0.05, 0) is 25.8 Å². The number of hydrogen-bond acceptors (Lipinski definition) is 4.